The van der Waals surface area contributed by atoms with Crippen molar-refractivity contribution in [3.63, 3.8) is 0 Å². The van der Waals surface area contributed by atoms with Crippen LogP contribution in [0.15, 0.2) is 42.7 Å². The van der Waals surface area contributed by atoms with Crippen LogP contribution in [0.25, 0.3) is 0 Å². The van der Waals surface area contributed by atoms with Gasteiger partial charge in [0.15, 0.2) is 0 Å². The molecule has 6 nitrogen and oxygen atoms in total. The predicted octanol–water partition coefficient (Wildman–Crippen LogP) is 1.60. The first kappa shape index (κ1) is 19.9. The van der Waals surface area contributed by atoms with Crippen LogP contribution in [0.2, 0.25) is 0 Å². The molecule has 0 saturated carbocycles. The zero-order valence-electron chi connectivity index (χ0n) is 15.8. The van der Waals surface area contributed by atoms with E-state index in [1.807, 2.05) is 13.0 Å². The highest BCUT2D eigenvalue weighted by Crippen LogP contribution is 2.20. The Hall–Kier alpha value is -2.80. The predicted molar refractivity (Wildman–Crippen MR) is 102 cm³/mol. The second-order valence-electron chi connectivity index (χ2n) is 6.94. The highest BCUT2D eigenvalue weighted by Gasteiger charge is 2.38. The number of hydrogen-bond acceptors (Lipinski definition) is 4. The van der Waals surface area contributed by atoms with Gasteiger partial charge < -0.3 is 15.3 Å². The number of benzene rings is 1. The summed E-state index contributed by atoms with van der Waals surface area (Å²) < 4.78 is 13.8. The molecule has 2 N–H and O–H groups in total. The minimum absolute atomic E-state index is 0.0703. The van der Waals surface area contributed by atoms with E-state index in [1.54, 1.807) is 30.6 Å². The third-order valence-corrected chi connectivity index (χ3v) is 5.04. The van der Waals surface area contributed by atoms with Crippen molar-refractivity contribution in [2.75, 3.05) is 6.54 Å². The normalized spacial score (nSPS) is 18.9. The first-order valence-corrected chi connectivity index (χ1v) is 9.40. The summed E-state index contributed by atoms with van der Waals surface area (Å²) in [7, 11) is 0. The first-order chi connectivity index (χ1) is 13.5. The van der Waals surface area contributed by atoms with Gasteiger partial charge in [-0.05, 0) is 35.2 Å². The van der Waals surface area contributed by atoms with Crippen molar-refractivity contribution in [2.45, 2.75) is 44.9 Å². The quantitative estimate of drug-likeness (QED) is 0.791. The number of halogens is 1. The van der Waals surface area contributed by atoms with Gasteiger partial charge in [-0.15, -0.1) is 0 Å². The van der Waals surface area contributed by atoms with Crippen molar-refractivity contribution in [3.8, 4) is 0 Å². The fourth-order valence-electron chi connectivity index (χ4n) is 3.49. The summed E-state index contributed by atoms with van der Waals surface area (Å²) in [4.78, 5) is 30.8. The van der Waals surface area contributed by atoms with Gasteiger partial charge in [0.25, 0.3) is 0 Å². The molecule has 2 heterocycles. The Balaban J connectivity index is 1.66. The van der Waals surface area contributed by atoms with E-state index in [0.717, 1.165) is 17.5 Å². The molecule has 2 aromatic rings. The van der Waals surface area contributed by atoms with Crippen LogP contribution in [0, 0.1) is 5.82 Å². The van der Waals surface area contributed by atoms with Crippen molar-refractivity contribution in [1.29, 1.82) is 0 Å². The van der Waals surface area contributed by atoms with E-state index in [4.69, 9.17) is 0 Å². The number of carbonyl (C=O) groups excluding carboxylic acids is 2. The summed E-state index contributed by atoms with van der Waals surface area (Å²) in [5, 5.41) is 12.9. The minimum atomic E-state index is -0.771. The van der Waals surface area contributed by atoms with Crippen LogP contribution in [0.4, 0.5) is 4.39 Å². The lowest BCUT2D eigenvalue weighted by Crippen LogP contribution is -2.46. The first-order valence-electron chi connectivity index (χ1n) is 9.40. The average molecular weight is 385 g/mol. The zero-order chi connectivity index (χ0) is 20.1. The molecule has 1 fully saturated rings. The van der Waals surface area contributed by atoms with E-state index in [9.17, 15) is 19.1 Å². The molecule has 1 aliphatic heterocycles. The number of pyridine rings is 1. The standard InChI is InChI=1S/C21H24FN3O3/c1-2-14-11-23-8-7-16(14)12-24-21(28)19-10-17(26)13-25(19)20(27)9-15-5-3-4-6-18(15)22/h3-8,11,17,19,26H,2,9-10,12-13H2,1H3,(H,24,28). The topological polar surface area (TPSA) is 82.5 Å². The number of aryl methyl sites for hydroxylation is 1. The van der Waals surface area contributed by atoms with Crippen LogP contribution >= 0.6 is 0 Å². The van der Waals surface area contributed by atoms with Crippen LogP contribution in [0.1, 0.15) is 30.0 Å². The molecule has 2 amide bonds. The zero-order valence-corrected chi connectivity index (χ0v) is 15.8. The van der Waals surface area contributed by atoms with E-state index in [1.165, 1.54) is 11.0 Å². The number of rotatable bonds is 6. The van der Waals surface area contributed by atoms with E-state index in [0.29, 0.717) is 6.54 Å². The molecule has 0 bridgehead atoms. The molecule has 0 spiro atoms. The van der Waals surface area contributed by atoms with Crippen LogP contribution in [-0.4, -0.2) is 45.5 Å². The van der Waals surface area contributed by atoms with E-state index >= 15 is 0 Å². The Morgan fingerprint density at radius 2 is 2.04 bits per heavy atom. The molecular formula is C21H24FN3O3. The molecule has 7 heteroatoms. The Kier molecular flexibility index (Phi) is 6.36. The summed E-state index contributed by atoms with van der Waals surface area (Å²) in [5.41, 5.74) is 2.28. The van der Waals surface area contributed by atoms with Gasteiger partial charge in [-0.3, -0.25) is 14.6 Å². The molecule has 2 atom stereocenters. The Labute approximate surface area is 163 Å². The van der Waals surface area contributed by atoms with Gasteiger partial charge in [0.1, 0.15) is 11.9 Å². The average Bonchev–Trinajstić information content (AvgIpc) is 3.10. The number of amides is 2. The van der Waals surface area contributed by atoms with Crippen molar-refractivity contribution >= 4 is 11.8 Å². The Morgan fingerprint density at radius 3 is 2.79 bits per heavy atom. The summed E-state index contributed by atoms with van der Waals surface area (Å²) >= 11 is 0. The van der Waals surface area contributed by atoms with Gasteiger partial charge >= 0.3 is 0 Å². The highest BCUT2D eigenvalue weighted by molar-refractivity contribution is 5.89. The number of aromatic nitrogens is 1. The van der Waals surface area contributed by atoms with E-state index in [2.05, 4.69) is 10.3 Å². The van der Waals surface area contributed by atoms with Gasteiger partial charge in [-0.2, -0.15) is 0 Å². The van der Waals surface area contributed by atoms with Gasteiger partial charge in [-0.25, -0.2) is 4.39 Å². The minimum Gasteiger partial charge on any atom is -0.391 e. The smallest absolute Gasteiger partial charge is 0.243 e. The van der Waals surface area contributed by atoms with E-state index < -0.39 is 18.0 Å². The van der Waals surface area contributed by atoms with Crippen LogP contribution in [0.3, 0.4) is 0 Å². The van der Waals surface area contributed by atoms with Gasteiger partial charge in [0.2, 0.25) is 11.8 Å². The molecule has 1 aromatic carbocycles. The molecular weight excluding hydrogens is 361 g/mol. The molecule has 1 aromatic heterocycles. The Morgan fingerprint density at radius 1 is 1.25 bits per heavy atom. The maximum atomic E-state index is 13.8. The van der Waals surface area contributed by atoms with Crippen molar-refractivity contribution < 1.29 is 19.1 Å². The number of carbonyl (C=O) groups is 2. The SMILES string of the molecule is CCc1cnccc1CNC(=O)C1CC(O)CN1C(=O)Cc1ccccc1F. The fourth-order valence-corrected chi connectivity index (χ4v) is 3.49. The monoisotopic (exact) mass is 385 g/mol. The summed E-state index contributed by atoms with van der Waals surface area (Å²) in [5.74, 6) is -1.15. The second-order valence-corrected chi connectivity index (χ2v) is 6.94. The lowest BCUT2D eigenvalue weighted by molar-refractivity contribution is -0.138. The van der Waals surface area contributed by atoms with Crippen molar-refractivity contribution in [3.05, 3.63) is 65.2 Å². The summed E-state index contributed by atoms with van der Waals surface area (Å²) in [6.07, 6.45) is 3.50. The molecule has 3 rings (SSSR count). The van der Waals surface area contributed by atoms with Crippen LogP contribution in [-0.2, 0) is 29.0 Å². The largest absolute Gasteiger partial charge is 0.391 e. The fraction of sp³-hybridized carbons (Fsp3) is 0.381. The van der Waals surface area contributed by atoms with Crippen molar-refractivity contribution in [1.82, 2.24) is 15.2 Å². The molecule has 28 heavy (non-hydrogen) atoms. The third kappa shape index (κ3) is 4.54. The Bertz CT molecular complexity index is 858. The number of nitrogens with one attached hydrogen (secondary N) is 1. The lowest BCUT2D eigenvalue weighted by atomic mass is 10.1. The van der Waals surface area contributed by atoms with Crippen LogP contribution < -0.4 is 5.32 Å². The summed E-state index contributed by atoms with van der Waals surface area (Å²) in [6.45, 7) is 2.41. The number of nitrogens with zero attached hydrogens (tertiary/aromatic N) is 2. The molecule has 2 unspecified atom stereocenters. The number of aliphatic hydroxyl groups is 1. The number of hydrogen-bond donors (Lipinski definition) is 2. The second kappa shape index (κ2) is 8.93. The molecule has 1 aliphatic rings. The lowest BCUT2D eigenvalue weighted by Gasteiger charge is -2.24. The van der Waals surface area contributed by atoms with Gasteiger partial charge in [0, 0.05) is 31.9 Å². The molecule has 0 radical (unpaired) electrons. The van der Waals surface area contributed by atoms with E-state index in [-0.39, 0.29) is 36.8 Å². The van der Waals surface area contributed by atoms with Crippen LogP contribution in [0.5, 0.6) is 0 Å². The van der Waals surface area contributed by atoms with Crippen molar-refractivity contribution in [2.24, 2.45) is 0 Å². The maximum Gasteiger partial charge on any atom is 0.243 e. The van der Waals surface area contributed by atoms with Gasteiger partial charge in [-0.1, -0.05) is 25.1 Å². The van der Waals surface area contributed by atoms with Gasteiger partial charge in [0.05, 0.1) is 12.5 Å². The molecule has 0 aliphatic carbocycles. The number of likely N-dealkylation sites (tertiary alicyclic amines) is 1. The number of β-amino-alcohol motifs (C(OH)–C–C–N with tert-alkyl or cyclic N) is 1. The highest BCUT2D eigenvalue weighted by atomic mass is 19.1. The summed E-state index contributed by atoms with van der Waals surface area (Å²) in [6, 6.07) is 7.15. The molecule has 1 saturated heterocycles. The third-order valence-electron chi connectivity index (χ3n) is 5.04. The molecule has 148 valence electrons. The number of aliphatic hydroxyl groups excluding tert-OH is 1. The maximum absolute atomic E-state index is 13.8.